The molecule has 0 aromatic heterocycles. The van der Waals surface area contributed by atoms with Crippen LogP contribution >= 0.6 is 0 Å². The molecule has 19 heavy (non-hydrogen) atoms. The predicted octanol–water partition coefficient (Wildman–Crippen LogP) is 1.70. The summed E-state index contributed by atoms with van der Waals surface area (Å²) < 4.78 is 0. The van der Waals surface area contributed by atoms with E-state index >= 15 is 0 Å². The van der Waals surface area contributed by atoms with Crippen molar-refractivity contribution in [2.75, 3.05) is 13.2 Å². The van der Waals surface area contributed by atoms with Gasteiger partial charge in [-0.2, -0.15) is 0 Å². The van der Waals surface area contributed by atoms with Crippen LogP contribution < -0.4 is 11.1 Å². The van der Waals surface area contributed by atoms with E-state index in [1.165, 1.54) is 12.0 Å². The Hall–Kier alpha value is -0.900. The minimum atomic E-state index is -0.0935. The average molecular weight is 262 g/mol. The summed E-state index contributed by atoms with van der Waals surface area (Å²) in [7, 11) is 0. The molecule has 2 rings (SSSR count). The van der Waals surface area contributed by atoms with E-state index < -0.39 is 0 Å². The fraction of sp³-hybridized carbons (Fsp3) is 0.625. The third kappa shape index (κ3) is 3.78. The lowest BCUT2D eigenvalue weighted by Crippen LogP contribution is -2.55. The monoisotopic (exact) mass is 262 g/mol. The van der Waals surface area contributed by atoms with Crippen molar-refractivity contribution < 1.29 is 5.11 Å². The van der Waals surface area contributed by atoms with E-state index in [1.807, 2.05) is 6.07 Å². The van der Waals surface area contributed by atoms with Gasteiger partial charge in [0.25, 0.3) is 0 Å². The lowest BCUT2D eigenvalue weighted by molar-refractivity contribution is 0.184. The molecule has 0 radical (unpaired) electrons. The zero-order chi connectivity index (χ0) is 13.7. The molecule has 0 heterocycles. The molecular weight excluding hydrogens is 236 g/mol. The fourth-order valence-electron chi connectivity index (χ4n) is 3.12. The minimum absolute atomic E-state index is 0.0935. The fourth-order valence-corrected chi connectivity index (χ4v) is 3.12. The van der Waals surface area contributed by atoms with Gasteiger partial charge in [0.2, 0.25) is 0 Å². The highest BCUT2D eigenvalue weighted by atomic mass is 16.3. The summed E-state index contributed by atoms with van der Waals surface area (Å²) in [5.74, 6) is 0.390. The van der Waals surface area contributed by atoms with Gasteiger partial charge in [0.15, 0.2) is 0 Å². The van der Waals surface area contributed by atoms with Crippen molar-refractivity contribution in [1.82, 2.24) is 5.32 Å². The van der Waals surface area contributed by atoms with Gasteiger partial charge < -0.3 is 16.2 Å². The second kappa shape index (κ2) is 6.51. The van der Waals surface area contributed by atoms with Crippen molar-refractivity contribution in [3.05, 3.63) is 35.9 Å². The Kier molecular flexibility index (Phi) is 4.97. The van der Waals surface area contributed by atoms with Gasteiger partial charge in [-0.15, -0.1) is 0 Å². The van der Waals surface area contributed by atoms with Gasteiger partial charge in [0.1, 0.15) is 0 Å². The van der Waals surface area contributed by atoms with Crippen LogP contribution in [0, 0.1) is 5.92 Å². The van der Waals surface area contributed by atoms with Crippen LogP contribution in [-0.4, -0.2) is 29.8 Å². The van der Waals surface area contributed by atoms with Crippen molar-refractivity contribution in [2.45, 2.75) is 44.2 Å². The standard InChI is InChI=1S/C16H26N2O/c1-16(12-17,10-13-6-3-2-4-7-13)18-15-9-5-8-14(15)11-19/h2-4,6-7,14-15,18-19H,5,8-12,17H2,1H3. The van der Waals surface area contributed by atoms with Crippen molar-refractivity contribution in [1.29, 1.82) is 0 Å². The Morgan fingerprint density at radius 1 is 1.32 bits per heavy atom. The first-order valence-corrected chi connectivity index (χ1v) is 7.29. The number of benzene rings is 1. The molecule has 1 aromatic rings. The Balaban J connectivity index is 2.01. The summed E-state index contributed by atoms with van der Waals surface area (Å²) in [5.41, 5.74) is 7.21. The highest BCUT2D eigenvalue weighted by Gasteiger charge is 2.33. The average Bonchev–Trinajstić information content (AvgIpc) is 2.86. The van der Waals surface area contributed by atoms with E-state index in [9.17, 15) is 5.11 Å². The summed E-state index contributed by atoms with van der Waals surface area (Å²) in [5, 5.41) is 13.1. The summed E-state index contributed by atoms with van der Waals surface area (Å²) >= 11 is 0. The van der Waals surface area contributed by atoms with E-state index in [2.05, 4.69) is 36.5 Å². The topological polar surface area (TPSA) is 58.3 Å². The van der Waals surface area contributed by atoms with Crippen LogP contribution in [0.25, 0.3) is 0 Å². The summed E-state index contributed by atoms with van der Waals surface area (Å²) in [6, 6.07) is 10.9. The molecule has 1 aliphatic rings. The molecule has 0 bridgehead atoms. The van der Waals surface area contributed by atoms with E-state index in [0.717, 1.165) is 19.3 Å². The molecule has 0 spiro atoms. The van der Waals surface area contributed by atoms with Crippen LogP contribution in [0.2, 0.25) is 0 Å². The van der Waals surface area contributed by atoms with Crippen molar-refractivity contribution in [2.24, 2.45) is 11.7 Å². The Morgan fingerprint density at radius 3 is 2.68 bits per heavy atom. The predicted molar refractivity (Wildman–Crippen MR) is 79.0 cm³/mol. The number of rotatable bonds is 6. The third-order valence-electron chi connectivity index (χ3n) is 4.32. The largest absolute Gasteiger partial charge is 0.396 e. The van der Waals surface area contributed by atoms with E-state index in [1.54, 1.807) is 0 Å². The molecule has 0 saturated heterocycles. The maximum atomic E-state index is 9.42. The quantitative estimate of drug-likeness (QED) is 0.731. The van der Waals surface area contributed by atoms with Crippen molar-refractivity contribution >= 4 is 0 Å². The molecule has 3 atom stereocenters. The van der Waals surface area contributed by atoms with Gasteiger partial charge in [-0.1, -0.05) is 36.8 Å². The highest BCUT2D eigenvalue weighted by Crippen LogP contribution is 2.27. The molecule has 1 fully saturated rings. The number of aliphatic hydroxyl groups is 1. The van der Waals surface area contributed by atoms with Gasteiger partial charge >= 0.3 is 0 Å². The first-order chi connectivity index (χ1) is 9.17. The lowest BCUT2D eigenvalue weighted by Gasteiger charge is -2.35. The van der Waals surface area contributed by atoms with Crippen LogP contribution in [0.5, 0.6) is 0 Å². The van der Waals surface area contributed by atoms with E-state index in [4.69, 9.17) is 5.73 Å². The summed E-state index contributed by atoms with van der Waals surface area (Å²) in [6.07, 6.45) is 4.41. The highest BCUT2D eigenvalue weighted by molar-refractivity contribution is 5.18. The second-order valence-corrected chi connectivity index (χ2v) is 6.05. The Morgan fingerprint density at radius 2 is 2.05 bits per heavy atom. The number of hydrogen-bond donors (Lipinski definition) is 3. The zero-order valence-electron chi connectivity index (χ0n) is 11.8. The lowest BCUT2D eigenvalue weighted by atomic mass is 9.90. The van der Waals surface area contributed by atoms with Gasteiger partial charge in [-0.05, 0) is 37.7 Å². The van der Waals surface area contributed by atoms with Crippen LogP contribution in [0.1, 0.15) is 31.7 Å². The number of nitrogens with one attached hydrogen (secondary N) is 1. The van der Waals surface area contributed by atoms with E-state index in [-0.39, 0.29) is 12.1 Å². The van der Waals surface area contributed by atoms with Crippen LogP contribution in [0.3, 0.4) is 0 Å². The normalized spacial score (nSPS) is 26.3. The number of nitrogens with two attached hydrogens (primary N) is 1. The third-order valence-corrected chi connectivity index (χ3v) is 4.32. The van der Waals surface area contributed by atoms with Gasteiger partial charge in [0.05, 0.1) is 0 Å². The number of hydrogen-bond acceptors (Lipinski definition) is 3. The van der Waals surface area contributed by atoms with Crippen LogP contribution in [0.15, 0.2) is 30.3 Å². The minimum Gasteiger partial charge on any atom is -0.396 e. The Bertz CT molecular complexity index is 382. The molecule has 4 N–H and O–H groups in total. The van der Waals surface area contributed by atoms with Crippen molar-refractivity contribution in [3.63, 3.8) is 0 Å². The SMILES string of the molecule is CC(CN)(Cc1ccccc1)NC1CCCC1CO. The van der Waals surface area contributed by atoms with Gasteiger partial charge in [-0.3, -0.25) is 0 Å². The molecule has 1 aromatic carbocycles. The van der Waals surface area contributed by atoms with E-state index in [0.29, 0.717) is 18.5 Å². The van der Waals surface area contributed by atoms with Crippen molar-refractivity contribution in [3.8, 4) is 0 Å². The summed E-state index contributed by atoms with van der Waals surface area (Å²) in [6.45, 7) is 3.08. The maximum Gasteiger partial charge on any atom is 0.0474 e. The molecule has 1 aliphatic carbocycles. The molecule has 1 saturated carbocycles. The second-order valence-electron chi connectivity index (χ2n) is 6.05. The number of aliphatic hydroxyl groups excluding tert-OH is 1. The van der Waals surface area contributed by atoms with Crippen LogP contribution in [0.4, 0.5) is 0 Å². The summed E-state index contributed by atoms with van der Waals surface area (Å²) in [4.78, 5) is 0. The molecule has 0 aliphatic heterocycles. The Labute approximate surface area is 116 Å². The van der Waals surface area contributed by atoms with Gasteiger partial charge in [0, 0.05) is 24.7 Å². The molecular formula is C16H26N2O. The smallest absolute Gasteiger partial charge is 0.0474 e. The maximum absolute atomic E-state index is 9.42. The first kappa shape index (κ1) is 14.5. The molecule has 3 nitrogen and oxygen atoms in total. The molecule has 0 amide bonds. The molecule has 106 valence electrons. The van der Waals surface area contributed by atoms with Crippen LogP contribution in [-0.2, 0) is 6.42 Å². The molecule has 3 unspecified atom stereocenters. The van der Waals surface area contributed by atoms with Gasteiger partial charge in [-0.25, -0.2) is 0 Å². The zero-order valence-corrected chi connectivity index (χ0v) is 11.8. The first-order valence-electron chi connectivity index (χ1n) is 7.29. The molecule has 3 heteroatoms.